The minimum atomic E-state index is -1.61. The molecule has 0 radical (unpaired) electrons. The first-order chi connectivity index (χ1) is 32.8. The lowest BCUT2D eigenvalue weighted by Gasteiger charge is -2.40. The first-order valence-corrected chi connectivity index (χ1v) is 28.3. The lowest BCUT2D eigenvalue weighted by atomic mass is 9.99. The zero-order chi connectivity index (χ0) is 48.8. The maximum absolute atomic E-state index is 13.1. The van der Waals surface area contributed by atoms with Gasteiger partial charge in [-0.3, -0.25) is 4.79 Å². The Morgan fingerprint density at radius 2 is 0.910 bits per heavy atom. The van der Waals surface area contributed by atoms with E-state index in [2.05, 4.69) is 43.5 Å². The molecule has 8 atom stereocenters. The van der Waals surface area contributed by atoms with Crippen LogP contribution in [0.2, 0.25) is 0 Å². The third kappa shape index (κ3) is 36.0. The Morgan fingerprint density at radius 1 is 0.522 bits per heavy atom. The predicted octanol–water partition coefficient (Wildman–Crippen LogP) is 12.5. The normalized spacial score (nSPS) is 20.4. The number of aliphatic hydroxyl groups excluding tert-OH is 6. The minimum absolute atomic E-state index is 0.305. The van der Waals surface area contributed by atoms with Crippen LogP contribution in [0.5, 0.6) is 0 Å². The van der Waals surface area contributed by atoms with Crippen molar-refractivity contribution in [2.45, 2.75) is 307 Å². The number of ether oxygens (including phenoxy) is 2. The molecule has 0 aromatic rings. The molecule has 0 aromatic heterocycles. The maximum Gasteiger partial charge on any atom is 0.249 e. The number of amides is 1. The van der Waals surface area contributed by atoms with E-state index in [1.165, 1.54) is 186 Å². The average Bonchev–Trinajstić information content (AvgIpc) is 3.33. The van der Waals surface area contributed by atoms with Crippen LogP contribution in [0.3, 0.4) is 0 Å². The van der Waals surface area contributed by atoms with Crippen molar-refractivity contribution in [3.8, 4) is 0 Å². The first-order valence-electron chi connectivity index (χ1n) is 28.3. The second kappa shape index (κ2) is 46.7. The summed E-state index contributed by atoms with van der Waals surface area (Å²) < 4.78 is 11.2. The van der Waals surface area contributed by atoms with Gasteiger partial charge in [0.05, 0.1) is 25.4 Å². The molecule has 1 aliphatic rings. The van der Waals surface area contributed by atoms with Gasteiger partial charge in [0, 0.05) is 0 Å². The molecule has 1 rings (SSSR count). The number of hydrogen-bond acceptors (Lipinski definition) is 9. The summed E-state index contributed by atoms with van der Waals surface area (Å²) in [6.07, 6.45) is 49.7. The molecule has 0 bridgehead atoms. The van der Waals surface area contributed by atoms with Gasteiger partial charge in [0.15, 0.2) is 6.29 Å². The van der Waals surface area contributed by atoms with Crippen molar-refractivity contribution in [2.75, 3.05) is 13.2 Å². The molecule has 394 valence electrons. The van der Waals surface area contributed by atoms with Gasteiger partial charge in [-0.25, -0.2) is 0 Å². The quantitative estimate of drug-likeness (QED) is 0.0232. The van der Waals surface area contributed by atoms with E-state index in [-0.39, 0.29) is 6.61 Å². The van der Waals surface area contributed by atoms with Crippen LogP contribution in [-0.2, 0) is 14.3 Å². The fraction of sp³-hybridized carbons (Fsp3) is 0.877. The Balaban J connectivity index is 2.18. The Hall–Kier alpha value is -1.63. The molecule has 1 fully saturated rings. The summed E-state index contributed by atoms with van der Waals surface area (Å²) >= 11 is 0. The zero-order valence-corrected chi connectivity index (χ0v) is 43.3. The molecule has 1 saturated heterocycles. The van der Waals surface area contributed by atoms with Gasteiger partial charge in [0.25, 0.3) is 0 Å². The minimum Gasteiger partial charge on any atom is -0.394 e. The molecule has 1 heterocycles. The number of nitrogens with one attached hydrogen (secondary N) is 1. The second-order valence-electron chi connectivity index (χ2n) is 19.9. The molecule has 8 unspecified atom stereocenters. The molecule has 1 amide bonds. The van der Waals surface area contributed by atoms with Gasteiger partial charge < -0.3 is 45.4 Å². The third-order valence-corrected chi connectivity index (χ3v) is 13.6. The summed E-state index contributed by atoms with van der Waals surface area (Å²) in [5.74, 6) is -0.616. The van der Waals surface area contributed by atoms with Gasteiger partial charge in [0.1, 0.15) is 30.5 Å². The molecule has 7 N–H and O–H groups in total. The van der Waals surface area contributed by atoms with Gasteiger partial charge in [-0.1, -0.05) is 243 Å². The highest BCUT2D eigenvalue weighted by molar-refractivity contribution is 5.80. The van der Waals surface area contributed by atoms with Crippen molar-refractivity contribution in [2.24, 2.45) is 0 Å². The smallest absolute Gasteiger partial charge is 0.249 e. The molecule has 0 aliphatic carbocycles. The Kier molecular flexibility index (Phi) is 44.2. The highest BCUT2D eigenvalue weighted by Gasteiger charge is 2.44. The van der Waals surface area contributed by atoms with Crippen LogP contribution in [0.4, 0.5) is 0 Å². The SMILES string of the molecule is CCCCCCCCCCC/C=C\C/C=C\CCCCCCCCCCCCCCCCC(O)C(=O)NC(COC1OC(CO)C(O)C(O)C1O)C(O)/C=C/CCCCCCCCCCCC. The number of unbranched alkanes of at least 4 members (excludes halogenated alkanes) is 33. The molecular weight excluding hydrogens is 843 g/mol. The highest BCUT2D eigenvalue weighted by Crippen LogP contribution is 2.23. The Labute approximate surface area is 411 Å². The summed E-state index contributed by atoms with van der Waals surface area (Å²) in [4.78, 5) is 13.1. The molecule has 1 aliphatic heterocycles. The van der Waals surface area contributed by atoms with Crippen molar-refractivity contribution in [3.05, 3.63) is 36.5 Å². The van der Waals surface area contributed by atoms with Gasteiger partial charge in [-0.2, -0.15) is 0 Å². The lowest BCUT2D eigenvalue weighted by Crippen LogP contribution is -2.60. The number of carbonyl (C=O) groups is 1. The molecular formula is C57H107NO9. The first kappa shape index (κ1) is 63.4. The van der Waals surface area contributed by atoms with Gasteiger partial charge >= 0.3 is 0 Å². The number of rotatable bonds is 48. The van der Waals surface area contributed by atoms with Crippen LogP contribution in [0.1, 0.15) is 258 Å². The van der Waals surface area contributed by atoms with Crippen molar-refractivity contribution in [1.82, 2.24) is 5.32 Å². The van der Waals surface area contributed by atoms with E-state index in [0.717, 1.165) is 51.4 Å². The van der Waals surface area contributed by atoms with Crippen LogP contribution in [0.25, 0.3) is 0 Å². The monoisotopic (exact) mass is 950 g/mol. The summed E-state index contributed by atoms with van der Waals surface area (Å²) in [5, 5.41) is 64.8. The molecule has 0 saturated carbocycles. The van der Waals surface area contributed by atoms with Crippen LogP contribution in [0.15, 0.2) is 36.5 Å². The lowest BCUT2D eigenvalue weighted by molar-refractivity contribution is -0.302. The summed E-state index contributed by atoms with van der Waals surface area (Å²) in [7, 11) is 0. The fourth-order valence-electron chi connectivity index (χ4n) is 8.96. The Morgan fingerprint density at radius 3 is 1.33 bits per heavy atom. The molecule has 0 spiro atoms. The number of allylic oxidation sites excluding steroid dienone is 5. The second-order valence-corrected chi connectivity index (χ2v) is 19.9. The molecule has 10 nitrogen and oxygen atoms in total. The molecule has 67 heavy (non-hydrogen) atoms. The van der Waals surface area contributed by atoms with Crippen LogP contribution in [-0.4, -0.2) is 98.7 Å². The van der Waals surface area contributed by atoms with Crippen LogP contribution < -0.4 is 5.32 Å². The van der Waals surface area contributed by atoms with Crippen LogP contribution >= 0.6 is 0 Å². The predicted molar refractivity (Wildman–Crippen MR) is 278 cm³/mol. The fourth-order valence-corrected chi connectivity index (χ4v) is 8.96. The number of aliphatic hydroxyl groups is 6. The largest absolute Gasteiger partial charge is 0.394 e. The van der Waals surface area contributed by atoms with Crippen molar-refractivity contribution in [3.63, 3.8) is 0 Å². The van der Waals surface area contributed by atoms with Gasteiger partial charge in [0.2, 0.25) is 5.91 Å². The van der Waals surface area contributed by atoms with E-state index >= 15 is 0 Å². The topological polar surface area (TPSA) is 169 Å². The third-order valence-electron chi connectivity index (χ3n) is 13.6. The van der Waals surface area contributed by atoms with E-state index in [1.54, 1.807) is 6.08 Å². The van der Waals surface area contributed by atoms with E-state index in [9.17, 15) is 35.4 Å². The number of hydrogen-bond donors (Lipinski definition) is 7. The highest BCUT2D eigenvalue weighted by atomic mass is 16.7. The van der Waals surface area contributed by atoms with Crippen molar-refractivity contribution < 1.29 is 44.9 Å². The average molecular weight is 950 g/mol. The zero-order valence-electron chi connectivity index (χ0n) is 43.3. The summed E-state index contributed by atoms with van der Waals surface area (Å²) in [6.45, 7) is 3.61. The number of carbonyl (C=O) groups excluding carboxylic acids is 1. The van der Waals surface area contributed by atoms with E-state index < -0.39 is 61.5 Å². The van der Waals surface area contributed by atoms with E-state index in [1.807, 2.05) is 6.08 Å². The van der Waals surface area contributed by atoms with Gasteiger partial charge in [-0.15, -0.1) is 0 Å². The molecule has 0 aromatic carbocycles. The molecule has 10 heteroatoms. The van der Waals surface area contributed by atoms with Crippen molar-refractivity contribution in [1.29, 1.82) is 0 Å². The Bertz CT molecular complexity index is 1160. The summed E-state index contributed by atoms with van der Waals surface area (Å²) in [5.41, 5.74) is 0. The standard InChI is InChI=1S/C57H107NO9/c1-3-5-7-9-11-13-15-17-18-19-20-21-22-23-24-25-26-27-28-29-30-31-32-33-34-36-38-40-42-44-46-51(61)56(65)58-49(48-66-57-55(64)54(63)53(62)52(47-59)67-57)50(60)45-43-41-39-37-35-16-14-12-10-8-6-4-2/h20-21,23-24,43,45,49-55,57,59-64H,3-19,22,25-42,44,46-48H2,1-2H3,(H,58,65)/b21-20-,24-23-,45-43+. The van der Waals surface area contributed by atoms with Gasteiger partial charge in [-0.05, 0) is 51.4 Å². The van der Waals surface area contributed by atoms with E-state index in [4.69, 9.17) is 9.47 Å². The van der Waals surface area contributed by atoms with E-state index in [0.29, 0.717) is 6.42 Å². The maximum atomic E-state index is 13.1. The van der Waals surface area contributed by atoms with Crippen LogP contribution in [0, 0.1) is 0 Å². The van der Waals surface area contributed by atoms with Crippen molar-refractivity contribution >= 4 is 5.91 Å². The summed E-state index contributed by atoms with van der Waals surface area (Å²) in [6, 6.07) is -0.979.